The maximum absolute atomic E-state index is 2.82. The molecule has 4 saturated heterocycles. The first kappa shape index (κ1) is 26.9. The van der Waals surface area contributed by atoms with Crippen LogP contribution in [0.3, 0.4) is 0 Å². The van der Waals surface area contributed by atoms with Crippen molar-refractivity contribution < 1.29 is 0 Å². The van der Waals surface area contributed by atoms with Gasteiger partial charge in [0.25, 0.3) is 0 Å². The quantitative estimate of drug-likeness (QED) is 0.505. The summed E-state index contributed by atoms with van der Waals surface area (Å²) in [7, 11) is 0. The molecule has 198 valence electrons. The minimum absolute atomic E-state index is 0.311. The van der Waals surface area contributed by atoms with Gasteiger partial charge in [-0.2, -0.15) is 0 Å². The van der Waals surface area contributed by atoms with Crippen molar-refractivity contribution in [3.05, 3.63) is 0 Å². The van der Waals surface area contributed by atoms with Crippen LogP contribution < -0.4 is 0 Å². The lowest BCUT2D eigenvalue weighted by Crippen LogP contribution is -2.69. The molecule has 4 rings (SSSR count). The average molecular weight is 475 g/mol. The van der Waals surface area contributed by atoms with Crippen molar-refractivity contribution in [2.45, 2.75) is 130 Å². The highest BCUT2D eigenvalue weighted by Crippen LogP contribution is 2.47. The zero-order chi connectivity index (χ0) is 25.2. The summed E-state index contributed by atoms with van der Waals surface area (Å²) in [5.74, 6) is 0. The highest BCUT2D eigenvalue weighted by atomic mass is 15.3. The van der Waals surface area contributed by atoms with Crippen LogP contribution in [0.15, 0.2) is 0 Å². The largest absolute Gasteiger partial charge is 0.298 e. The Morgan fingerprint density at radius 1 is 0.471 bits per heavy atom. The SMILES string of the molecule is CC(C)(C)N1CCC2(CC1)CN(C(C)(C)CCC(C)(C)N1CC3(CCCN(C(C)(C)C)C3)C1)C2. The van der Waals surface area contributed by atoms with E-state index < -0.39 is 0 Å². The first-order valence-electron chi connectivity index (χ1n) is 14.5. The molecule has 4 heteroatoms. The summed E-state index contributed by atoms with van der Waals surface area (Å²) >= 11 is 0. The van der Waals surface area contributed by atoms with Crippen LogP contribution in [0.5, 0.6) is 0 Å². The van der Waals surface area contributed by atoms with Crippen molar-refractivity contribution in [3.8, 4) is 0 Å². The molecule has 4 aliphatic rings. The molecule has 4 aliphatic heterocycles. The van der Waals surface area contributed by atoms with Crippen molar-refractivity contribution in [3.63, 3.8) is 0 Å². The number of nitrogens with zero attached hydrogens (tertiary/aromatic N) is 4. The summed E-state index contributed by atoms with van der Waals surface area (Å²) in [5.41, 5.74) is 2.44. The third kappa shape index (κ3) is 5.41. The lowest BCUT2D eigenvalue weighted by molar-refractivity contribution is -0.126. The molecule has 4 heterocycles. The topological polar surface area (TPSA) is 13.0 Å². The first-order valence-corrected chi connectivity index (χ1v) is 14.5. The van der Waals surface area contributed by atoms with Gasteiger partial charge in [0.05, 0.1) is 0 Å². The Labute approximate surface area is 212 Å². The molecule has 0 aromatic carbocycles. The number of hydrogen-bond donors (Lipinski definition) is 0. The number of hydrogen-bond acceptors (Lipinski definition) is 4. The van der Waals surface area contributed by atoms with Crippen molar-refractivity contribution in [2.75, 3.05) is 52.4 Å². The molecule has 0 aliphatic carbocycles. The van der Waals surface area contributed by atoms with Gasteiger partial charge in [-0.05, 0) is 133 Å². The van der Waals surface area contributed by atoms with E-state index in [0.29, 0.717) is 33.0 Å². The smallest absolute Gasteiger partial charge is 0.0154 e. The molecule has 0 N–H and O–H groups in total. The van der Waals surface area contributed by atoms with Crippen molar-refractivity contribution in [2.24, 2.45) is 10.8 Å². The van der Waals surface area contributed by atoms with Gasteiger partial charge < -0.3 is 0 Å². The van der Waals surface area contributed by atoms with E-state index in [-0.39, 0.29) is 0 Å². The van der Waals surface area contributed by atoms with Gasteiger partial charge in [-0.3, -0.25) is 19.6 Å². The number of rotatable bonds is 5. The molecular weight excluding hydrogens is 416 g/mol. The predicted molar refractivity (Wildman–Crippen MR) is 147 cm³/mol. The Bertz CT molecular complexity index is 703. The van der Waals surface area contributed by atoms with E-state index in [4.69, 9.17) is 0 Å². The molecule has 4 fully saturated rings. The summed E-state index contributed by atoms with van der Waals surface area (Å²) in [5, 5.41) is 0. The van der Waals surface area contributed by atoms with Crippen LogP contribution in [0, 0.1) is 10.8 Å². The minimum Gasteiger partial charge on any atom is -0.298 e. The summed E-state index contributed by atoms with van der Waals surface area (Å²) in [4.78, 5) is 11.1. The highest BCUT2D eigenvalue weighted by Gasteiger charge is 2.52. The summed E-state index contributed by atoms with van der Waals surface area (Å²) in [6.07, 6.45) is 8.21. The molecular formula is C30H58N4. The molecule has 4 nitrogen and oxygen atoms in total. The fourth-order valence-corrected chi connectivity index (χ4v) is 7.32. The van der Waals surface area contributed by atoms with Gasteiger partial charge in [-0.25, -0.2) is 0 Å². The van der Waals surface area contributed by atoms with E-state index in [2.05, 4.69) is 88.8 Å². The second kappa shape index (κ2) is 8.71. The molecule has 0 unspecified atom stereocenters. The lowest BCUT2D eigenvalue weighted by atomic mass is 9.68. The van der Waals surface area contributed by atoms with E-state index in [1.54, 1.807) is 0 Å². The monoisotopic (exact) mass is 474 g/mol. The van der Waals surface area contributed by atoms with Crippen LogP contribution in [0.25, 0.3) is 0 Å². The van der Waals surface area contributed by atoms with Gasteiger partial charge >= 0.3 is 0 Å². The van der Waals surface area contributed by atoms with Gasteiger partial charge in [-0.15, -0.1) is 0 Å². The molecule has 0 radical (unpaired) electrons. The first-order chi connectivity index (χ1) is 15.5. The van der Waals surface area contributed by atoms with Crippen LogP contribution in [-0.2, 0) is 0 Å². The molecule has 0 amide bonds. The van der Waals surface area contributed by atoms with E-state index >= 15 is 0 Å². The van der Waals surface area contributed by atoms with Crippen LogP contribution >= 0.6 is 0 Å². The Kier molecular flexibility index (Phi) is 6.89. The highest BCUT2D eigenvalue weighted by molar-refractivity contribution is 5.07. The predicted octanol–water partition coefficient (Wildman–Crippen LogP) is 5.72. The zero-order valence-corrected chi connectivity index (χ0v) is 24.7. The molecule has 0 bridgehead atoms. The van der Waals surface area contributed by atoms with E-state index in [9.17, 15) is 0 Å². The van der Waals surface area contributed by atoms with Crippen molar-refractivity contribution in [1.82, 2.24) is 19.6 Å². The number of likely N-dealkylation sites (tertiary alicyclic amines) is 4. The third-order valence-electron chi connectivity index (χ3n) is 10.5. The van der Waals surface area contributed by atoms with Crippen LogP contribution in [0.4, 0.5) is 0 Å². The van der Waals surface area contributed by atoms with E-state index in [0.717, 1.165) is 0 Å². The summed E-state index contributed by atoms with van der Waals surface area (Å²) in [6.45, 7) is 34.8. The van der Waals surface area contributed by atoms with Gasteiger partial charge in [0.15, 0.2) is 0 Å². The summed E-state index contributed by atoms with van der Waals surface area (Å²) < 4.78 is 0. The normalized spacial score (nSPS) is 27.7. The molecule has 0 saturated carbocycles. The van der Waals surface area contributed by atoms with Crippen molar-refractivity contribution in [1.29, 1.82) is 0 Å². The minimum atomic E-state index is 0.311. The van der Waals surface area contributed by atoms with Gasteiger partial charge in [-0.1, -0.05) is 0 Å². The number of piperidine rings is 2. The second-order valence-corrected chi connectivity index (χ2v) is 16.2. The Balaban J connectivity index is 1.24. The van der Waals surface area contributed by atoms with E-state index in [1.807, 2.05) is 0 Å². The molecule has 34 heavy (non-hydrogen) atoms. The maximum Gasteiger partial charge on any atom is 0.0154 e. The fraction of sp³-hybridized carbons (Fsp3) is 1.00. The zero-order valence-electron chi connectivity index (χ0n) is 24.7. The van der Waals surface area contributed by atoms with Gasteiger partial charge in [0, 0.05) is 60.3 Å². The standard InChI is InChI=1S/C30H58N4/c1-25(2,3)31-18-15-29(16-19-31)20-33(21-29)27(7,8)13-14-28(9,10)34-23-30(24-34)12-11-17-32(22-30)26(4,5)6/h11-24H2,1-10H3. The Hall–Kier alpha value is -0.160. The Morgan fingerprint density at radius 3 is 1.32 bits per heavy atom. The summed E-state index contributed by atoms with van der Waals surface area (Å²) in [6, 6.07) is 0. The van der Waals surface area contributed by atoms with Crippen LogP contribution in [0.1, 0.15) is 108 Å². The van der Waals surface area contributed by atoms with E-state index in [1.165, 1.54) is 90.9 Å². The Morgan fingerprint density at radius 2 is 0.882 bits per heavy atom. The van der Waals surface area contributed by atoms with Gasteiger partial charge in [0.1, 0.15) is 0 Å². The maximum atomic E-state index is 2.82. The lowest BCUT2D eigenvalue weighted by Gasteiger charge is -2.62. The van der Waals surface area contributed by atoms with Gasteiger partial charge in [0.2, 0.25) is 0 Å². The molecule has 2 spiro atoms. The fourth-order valence-electron chi connectivity index (χ4n) is 7.32. The van der Waals surface area contributed by atoms with Crippen LogP contribution in [0.2, 0.25) is 0 Å². The van der Waals surface area contributed by atoms with Crippen LogP contribution in [-0.4, -0.2) is 94.1 Å². The van der Waals surface area contributed by atoms with Crippen molar-refractivity contribution >= 4 is 0 Å². The molecule has 0 aromatic heterocycles. The third-order valence-corrected chi connectivity index (χ3v) is 10.5. The average Bonchev–Trinajstić information content (AvgIpc) is 2.67. The second-order valence-electron chi connectivity index (χ2n) is 16.2. The molecule has 0 aromatic rings. The molecule has 0 atom stereocenters.